The van der Waals surface area contributed by atoms with Crippen molar-refractivity contribution in [3.63, 3.8) is 0 Å². The fourth-order valence-electron chi connectivity index (χ4n) is 4.51. The SMILES string of the molecule is O=C1NCC2(CC2)c2[nH]c3c(c21)CCc1cnc(Nc2ccnc(Cl)n2)c(F)c1-3. The third kappa shape index (κ3) is 2.42. The summed E-state index contributed by atoms with van der Waals surface area (Å²) in [5.41, 5.74) is 4.56. The van der Waals surface area contributed by atoms with E-state index in [0.717, 1.165) is 29.7 Å². The molecule has 4 heterocycles. The van der Waals surface area contributed by atoms with Gasteiger partial charge in [0.05, 0.1) is 11.3 Å². The number of nitrogens with one attached hydrogen (secondary N) is 3. The van der Waals surface area contributed by atoms with Gasteiger partial charge in [-0.2, -0.15) is 0 Å². The van der Waals surface area contributed by atoms with Gasteiger partial charge >= 0.3 is 0 Å². The van der Waals surface area contributed by atoms with Crippen LogP contribution in [-0.2, 0) is 18.3 Å². The molecule has 29 heavy (non-hydrogen) atoms. The lowest BCUT2D eigenvalue weighted by atomic mass is 9.86. The number of aryl methyl sites for hydroxylation is 1. The highest BCUT2D eigenvalue weighted by Crippen LogP contribution is 2.53. The van der Waals surface area contributed by atoms with Gasteiger partial charge in [-0.1, -0.05) is 0 Å². The fourth-order valence-corrected chi connectivity index (χ4v) is 4.66. The second-order valence-corrected chi connectivity index (χ2v) is 8.19. The van der Waals surface area contributed by atoms with Crippen LogP contribution >= 0.6 is 11.6 Å². The lowest BCUT2D eigenvalue weighted by molar-refractivity contribution is 0.0936. The number of fused-ring (bicyclic) bond motifs is 6. The summed E-state index contributed by atoms with van der Waals surface area (Å²) in [6, 6.07) is 1.59. The van der Waals surface area contributed by atoms with Gasteiger partial charge in [0.1, 0.15) is 5.82 Å². The van der Waals surface area contributed by atoms with E-state index in [1.54, 1.807) is 12.3 Å². The molecule has 6 rings (SSSR count). The van der Waals surface area contributed by atoms with Gasteiger partial charge in [-0.3, -0.25) is 4.79 Å². The van der Waals surface area contributed by atoms with E-state index in [1.165, 1.54) is 6.20 Å². The van der Waals surface area contributed by atoms with Crippen molar-refractivity contribution in [2.75, 3.05) is 11.9 Å². The van der Waals surface area contributed by atoms with Gasteiger partial charge < -0.3 is 15.6 Å². The molecule has 0 saturated heterocycles. The van der Waals surface area contributed by atoms with Crippen LogP contribution in [0.25, 0.3) is 11.3 Å². The molecule has 0 unspecified atom stereocenters. The van der Waals surface area contributed by atoms with Crippen molar-refractivity contribution in [3.05, 3.63) is 51.9 Å². The van der Waals surface area contributed by atoms with Crippen molar-refractivity contribution >= 4 is 29.1 Å². The van der Waals surface area contributed by atoms with E-state index in [4.69, 9.17) is 11.6 Å². The van der Waals surface area contributed by atoms with Crippen molar-refractivity contribution in [2.24, 2.45) is 0 Å². The molecule has 3 aliphatic rings. The Hall–Kier alpha value is -3.00. The topological polar surface area (TPSA) is 95.6 Å². The number of hydrogen-bond donors (Lipinski definition) is 3. The lowest BCUT2D eigenvalue weighted by Gasteiger charge is -2.23. The molecule has 9 heteroatoms. The molecule has 0 bridgehead atoms. The number of amides is 1. The number of aromatic amines is 1. The van der Waals surface area contributed by atoms with E-state index in [-0.39, 0.29) is 22.4 Å². The second-order valence-electron chi connectivity index (χ2n) is 7.85. The van der Waals surface area contributed by atoms with Crippen LogP contribution in [0.4, 0.5) is 16.0 Å². The molecule has 3 aromatic heterocycles. The van der Waals surface area contributed by atoms with Gasteiger partial charge in [-0.15, -0.1) is 0 Å². The number of H-pyrrole nitrogens is 1. The van der Waals surface area contributed by atoms with E-state index in [2.05, 4.69) is 30.6 Å². The number of aromatic nitrogens is 4. The molecule has 1 fully saturated rings. The normalized spacial score (nSPS) is 17.9. The zero-order chi connectivity index (χ0) is 19.8. The van der Waals surface area contributed by atoms with Gasteiger partial charge in [0.15, 0.2) is 11.6 Å². The summed E-state index contributed by atoms with van der Waals surface area (Å²) in [6.45, 7) is 0.644. The first-order valence-electron chi connectivity index (χ1n) is 9.52. The van der Waals surface area contributed by atoms with E-state index in [0.29, 0.717) is 42.0 Å². The van der Waals surface area contributed by atoms with Crippen molar-refractivity contribution < 1.29 is 9.18 Å². The van der Waals surface area contributed by atoms with Crippen LogP contribution in [0, 0.1) is 5.82 Å². The molecule has 1 amide bonds. The standard InChI is InChI=1S/C20H16ClFN6O/c21-19-23-6-3-11(27-19)26-17-14(22)12-9(7-24-17)1-2-10-13-16(28-15(10)12)20(4-5-20)8-25-18(13)29/h3,6-7,28H,1-2,4-5,8H2,(H,25,29)(H,23,24,26,27). The van der Waals surface area contributed by atoms with Gasteiger partial charge in [0, 0.05) is 35.6 Å². The van der Waals surface area contributed by atoms with Crippen LogP contribution < -0.4 is 10.6 Å². The van der Waals surface area contributed by atoms with Gasteiger partial charge in [-0.05, 0) is 54.5 Å². The zero-order valence-electron chi connectivity index (χ0n) is 15.3. The largest absolute Gasteiger partial charge is 0.357 e. The first kappa shape index (κ1) is 16.9. The second kappa shape index (κ2) is 5.76. The molecule has 3 aromatic rings. The number of rotatable bonds is 2. The highest BCUT2D eigenvalue weighted by Gasteiger charge is 2.51. The number of carbonyl (C=O) groups excluding carboxylic acids is 1. The van der Waals surface area contributed by atoms with Crippen molar-refractivity contribution in [3.8, 4) is 11.3 Å². The number of anilines is 2. The Labute approximate surface area is 170 Å². The third-order valence-electron chi connectivity index (χ3n) is 6.17. The highest BCUT2D eigenvalue weighted by atomic mass is 35.5. The Morgan fingerprint density at radius 2 is 2.07 bits per heavy atom. The average molecular weight is 411 g/mol. The summed E-state index contributed by atoms with van der Waals surface area (Å²) in [5, 5.41) is 5.95. The highest BCUT2D eigenvalue weighted by molar-refractivity contribution is 6.28. The summed E-state index contributed by atoms with van der Waals surface area (Å²) in [4.78, 5) is 28.1. The number of carbonyl (C=O) groups is 1. The van der Waals surface area contributed by atoms with Crippen LogP contribution in [0.5, 0.6) is 0 Å². The molecule has 7 nitrogen and oxygen atoms in total. The third-order valence-corrected chi connectivity index (χ3v) is 6.35. The molecule has 1 spiro atoms. The van der Waals surface area contributed by atoms with Crippen LogP contribution in [-0.4, -0.2) is 32.4 Å². The van der Waals surface area contributed by atoms with Crippen molar-refractivity contribution in [2.45, 2.75) is 31.1 Å². The van der Waals surface area contributed by atoms with Gasteiger partial charge in [0.2, 0.25) is 5.28 Å². The van der Waals surface area contributed by atoms with Crippen LogP contribution in [0.2, 0.25) is 5.28 Å². The first-order valence-corrected chi connectivity index (χ1v) is 9.90. The molecule has 146 valence electrons. The minimum atomic E-state index is -0.470. The van der Waals surface area contributed by atoms with Gasteiger partial charge in [0.25, 0.3) is 5.91 Å². The molecule has 3 N–H and O–H groups in total. The fraction of sp³-hybridized carbons (Fsp3) is 0.300. The van der Waals surface area contributed by atoms with E-state index >= 15 is 4.39 Å². The first-order chi connectivity index (χ1) is 14.1. The Kier molecular flexibility index (Phi) is 3.36. The van der Waals surface area contributed by atoms with Gasteiger partial charge in [-0.25, -0.2) is 19.3 Å². The number of halogens is 2. The summed E-state index contributed by atoms with van der Waals surface area (Å²) < 4.78 is 15.6. The molecule has 1 saturated carbocycles. The summed E-state index contributed by atoms with van der Waals surface area (Å²) in [6.07, 6.45) is 6.56. The Balaban J connectivity index is 1.49. The predicted octanol–water partition coefficient (Wildman–Crippen LogP) is 3.28. The Morgan fingerprint density at radius 3 is 2.86 bits per heavy atom. The van der Waals surface area contributed by atoms with Crippen molar-refractivity contribution in [1.29, 1.82) is 0 Å². The maximum absolute atomic E-state index is 15.6. The van der Waals surface area contributed by atoms with E-state index < -0.39 is 5.82 Å². The lowest BCUT2D eigenvalue weighted by Crippen LogP contribution is -2.39. The van der Waals surface area contributed by atoms with Crippen LogP contribution in [0.1, 0.15) is 40.0 Å². The monoisotopic (exact) mass is 410 g/mol. The van der Waals surface area contributed by atoms with Crippen molar-refractivity contribution in [1.82, 2.24) is 25.3 Å². The molecule has 0 aromatic carbocycles. The number of hydrogen-bond acceptors (Lipinski definition) is 5. The predicted molar refractivity (Wildman–Crippen MR) is 105 cm³/mol. The molecule has 2 aliphatic carbocycles. The number of nitrogens with zero attached hydrogens (tertiary/aromatic N) is 3. The van der Waals surface area contributed by atoms with E-state index in [1.807, 2.05) is 0 Å². The molecule has 1 aliphatic heterocycles. The molecular formula is C20H16ClFN6O. The Bertz CT molecular complexity index is 1200. The number of pyridine rings is 1. The molecule has 0 atom stereocenters. The summed E-state index contributed by atoms with van der Waals surface area (Å²) >= 11 is 5.82. The zero-order valence-corrected chi connectivity index (χ0v) is 16.0. The Morgan fingerprint density at radius 1 is 1.21 bits per heavy atom. The average Bonchev–Trinajstić information content (AvgIpc) is 3.37. The smallest absolute Gasteiger partial charge is 0.253 e. The van der Waals surface area contributed by atoms with Crippen LogP contribution in [0.15, 0.2) is 18.5 Å². The maximum Gasteiger partial charge on any atom is 0.253 e. The summed E-state index contributed by atoms with van der Waals surface area (Å²) in [5.74, 6) is -0.122. The molecule has 0 radical (unpaired) electrons. The van der Waals surface area contributed by atoms with Crippen LogP contribution in [0.3, 0.4) is 0 Å². The van der Waals surface area contributed by atoms with E-state index in [9.17, 15) is 4.79 Å². The summed E-state index contributed by atoms with van der Waals surface area (Å²) in [7, 11) is 0. The maximum atomic E-state index is 15.6. The quantitative estimate of drug-likeness (QED) is 0.563. The minimum Gasteiger partial charge on any atom is -0.357 e. The molecular weight excluding hydrogens is 395 g/mol. The minimum absolute atomic E-state index is 0.0109.